The van der Waals surface area contributed by atoms with Gasteiger partial charge in [-0.1, -0.05) is 35.3 Å². The number of hydrogen-bond donors (Lipinski definition) is 2. The van der Waals surface area contributed by atoms with E-state index >= 15 is 0 Å². The SMILES string of the molecule is O=C(O)OC1(C2CC2)ONC(c2c(Cl)cccc2Cl)=C1COC1CCN(c2ccccn2)CC1. The summed E-state index contributed by atoms with van der Waals surface area (Å²) < 4.78 is 11.7. The van der Waals surface area contributed by atoms with Crippen LogP contribution in [0.15, 0.2) is 48.2 Å². The molecule has 1 saturated heterocycles. The lowest BCUT2D eigenvalue weighted by molar-refractivity contribution is -0.211. The van der Waals surface area contributed by atoms with Crippen molar-refractivity contribution in [2.24, 2.45) is 5.92 Å². The van der Waals surface area contributed by atoms with E-state index in [-0.39, 0.29) is 18.6 Å². The van der Waals surface area contributed by atoms with Crippen LogP contribution in [0, 0.1) is 5.92 Å². The van der Waals surface area contributed by atoms with E-state index in [9.17, 15) is 9.90 Å². The van der Waals surface area contributed by atoms with E-state index in [1.807, 2.05) is 18.2 Å². The third-order valence-corrected chi connectivity index (χ3v) is 7.10. The van der Waals surface area contributed by atoms with Gasteiger partial charge in [-0.25, -0.2) is 14.6 Å². The summed E-state index contributed by atoms with van der Waals surface area (Å²) in [5.74, 6) is -0.631. The lowest BCUT2D eigenvalue weighted by Gasteiger charge is -2.34. The van der Waals surface area contributed by atoms with Crippen molar-refractivity contribution in [1.29, 1.82) is 0 Å². The predicted molar refractivity (Wildman–Crippen MR) is 128 cm³/mol. The molecule has 5 rings (SSSR count). The quantitative estimate of drug-likeness (QED) is 0.500. The van der Waals surface area contributed by atoms with Gasteiger partial charge in [0.1, 0.15) is 5.82 Å². The van der Waals surface area contributed by atoms with Crippen LogP contribution in [0.5, 0.6) is 0 Å². The number of hydrogen-bond acceptors (Lipinski definition) is 7. The summed E-state index contributed by atoms with van der Waals surface area (Å²) in [6, 6.07) is 11.1. The summed E-state index contributed by atoms with van der Waals surface area (Å²) in [5.41, 5.74) is 4.45. The average molecular weight is 506 g/mol. The van der Waals surface area contributed by atoms with Gasteiger partial charge in [0.25, 0.3) is 5.79 Å². The van der Waals surface area contributed by atoms with Crippen molar-refractivity contribution < 1.29 is 24.2 Å². The number of hydroxylamine groups is 1. The van der Waals surface area contributed by atoms with Gasteiger partial charge in [0, 0.05) is 30.8 Å². The summed E-state index contributed by atoms with van der Waals surface area (Å²) >= 11 is 12.9. The molecule has 0 radical (unpaired) electrons. The number of carboxylic acid groups (broad SMARTS) is 1. The third kappa shape index (κ3) is 4.55. The Morgan fingerprint density at radius 1 is 1.15 bits per heavy atom. The number of rotatable bonds is 7. The largest absolute Gasteiger partial charge is 0.508 e. The normalized spacial score (nSPS) is 23.2. The standard InChI is InChI=1S/C24H25Cl2N3O5/c25-18-4-3-5-19(26)21(18)22-17(24(34-28-22,15-7-8-15)33-23(30)31)14-32-16-9-12-29(13-10-16)20-6-1-2-11-27-20/h1-6,11,15-16,28H,7-10,12-14H2,(H,30,31). The molecule has 3 heterocycles. The highest BCUT2D eigenvalue weighted by molar-refractivity contribution is 6.37. The molecule has 1 aromatic heterocycles. The first-order chi connectivity index (χ1) is 16.5. The number of ether oxygens (including phenoxy) is 2. The number of anilines is 1. The van der Waals surface area contributed by atoms with E-state index in [0.29, 0.717) is 26.9 Å². The highest BCUT2D eigenvalue weighted by atomic mass is 35.5. The lowest BCUT2D eigenvalue weighted by atomic mass is 9.96. The highest BCUT2D eigenvalue weighted by Gasteiger charge is 2.58. The Labute approximate surface area is 207 Å². The molecule has 1 aliphatic carbocycles. The van der Waals surface area contributed by atoms with Gasteiger partial charge in [-0.3, -0.25) is 5.48 Å². The molecule has 1 unspecified atom stereocenters. The molecule has 8 nitrogen and oxygen atoms in total. The van der Waals surface area contributed by atoms with Crippen molar-refractivity contribution in [2.75, 3.05) is 24.6 Å². The third-order valence-electron chi connectivity index (χ3n) is 6.47. The van der Waals surface area contributed by atoms with Crippen LogP contribution in [0.3, 0.4) is 0 Å². The molecule has 2 fully saturated rings. The predicted octanol–water partition coefficient (Wildman–Crippen LogP) is 5.12. The van der Waals surface area contributed by atoms with Crippen LogP contribution in [0.1, 0.15) is 31.2 Å². The molecule has 1 aromatic carbocycles. The van der Waals surface area contributed by atoms with Crippen molar-refractivity contribution in [3.63, 3.8) is 0 Å². The second kappa shape index (κ2) is 9.62. The van der Waals surface area contributed by atoms with E-state index in [1.54, 1.807) is 24.4 Å². The molecule has 2 aliphatic heterocycles. The number of carbonyl (C=O) groups is 1. The van der Waals surface area contributed by atoms with E-state index in [0.717, 1.165) is 44.6 Å². The Bertz CT molecular complexity index is 1070. The Balaban J connectivity index is 1.38. The fourth-order valence-electron chi connectivity index (χ4n) is 4.62. The Morgan fingerprint density at radius 2 is 1.88 bits per heavy atom. The highest BCUT2D eigenvalue weighted by Crippen LogP contribution is 2.52. The van der Waals surface area contributed by atoms with E-state index in [2.05, 4.69) is 15.4 Å². The molecule has 2 aromatic rings. The average Bonchev–Trinajstić information content (AvgIpc) is 3.63. The van der Waals surface area contributed by atoms with Gasteiger partial charge in [0.15, 0.2) is 0 Å². The fourth-order valence-corrected chi connectivity index (χ4v) is 5.20. The van der Waals surface area contributed by atoms with Crippen LogP contribution in [0.2, 0.25) is 10.0 Å². The number of piperidine rings is 1. The molecule has 3 aliphatic rings. The number of pyridine rings is 1. The zero-order valence-electron chi connectivity index (χ0n) is 18.4. The summed E-state index contributed by atoms with van der Waals surface area (Å²) in [6.45, 7) is 1.76. The second-order valence-corrected chi connectivity index (χ2v) is 9.46. The van der Waals surface area contributed by atoms with Crippen LogP contribution in [0.4, 0.5) is 10.6 Å². The molecule has 1 atom stereocenters. The first-order valence-electron chi connectivity index (χ1n) is 11.3. The van der Waals surface area contributed by atoms with Crippen LogP contribution in [-0.2, 0) is 14.3 Å². The van der Waals surface area contributed by atoms with Crippen LogP contribution in [0.25, 0.3) is 5.70 Å². The lowest BCUT2D eigenvalue weighted by Crippen LogP contribution is -2.43. The maximum Gasteiger partial charge on any atom is 0.508 e. The van der Waals surface area contributed by atoms with E-state index in [4.69, 9.17) is 37.5 Å². The van der Waals surface area contributed by atoms with E-state index in [1.165, 1.54) is 0 Å². The van der Waals surface area contributed by atoms with Gasteiger partial charge in [-0.2, -0.15) is 0 Å². The number of nitrogens with one attached hydrogen (secondary N) is 1. The number of benzene rings is 1. The van der Waals surface area contributed by atoms with Gasteiger partial charge >= 0.3 is 6.16 Å². The first-order valence-corrected chi connectivity index (χ1v) is 12.0. The first kappa shape index (κ1) is 23.2. The van der Waals surface area contributed by atoms with Gasteiger partial charge in [0.05, 0.1) is 34.0 Å². The summed E-state index contributed by atoms with van der Waals surface area (Å²) in [4.78, 5) is 24.1. The molecule has 34 heavy (non-hydrogen) atoms. The van der Waals surface area contributed by atoms with Crippen LogP contribution >= 0.6 is 23.2 Å². The second-order valence-electron chi connectivity index (χ2n) is 8.65. The molecular formula is C24H25Cl2N3O5. The topological polar surface area (TPSA) is 93.2 Å². The summed E-state index contributed by atoms with van der Waals surface area (Å²) in [7, 11) is 0. The molecule has 0 spiro atoms. The van der Waals surface area contributed by atoms with Crippen LogP contribution < -0.4 is 10.4 Å². The van der Waals surface area contributed by atoms with E-state index < -0.39 is 11.9 Å². The smallest absolute Gasteiger partial charge is 0.450 e. The Hall–Kier alpha value is -2.52. The number of aromatic nitrogens is 1. The molecule has 1 saturated carbocycles. The van der Waals surface area contributed by atoms with Crippen LogP contribution in [-0.4, -0.2) is 47.8 Å². The zero-order chi connectivity index (χ0) is 23.7. The Morgan fingerprint density at radius 3 is 2.50 bits per heavy atom. The van der Waals surface area contributed by atoms with Gasteiger partial charge in [-0.05, 0) is 49.9 Å². The Kier molecular flexibility index (Phi) is 6.57. The zero-order valence-corrected chi connectivity index (χ0v) is 19.9. The van der Waals surface area contributed by atoms with Gasteiger partial charge in [0.2, 0.25) is 0 Å². The monoisotopic (exact) mass is 505 g/mol. The van der Waals surface area contributed by atoms with Crippen molar-refractivity contribution >= 4 is 40.9 Å². The van der Waals surface area contributed by atoms with Crippen molar-refractivity contribution in [3.05, 3.63) is 63.8 Å². The van der Waals surface area contributed by atoms with Crippen molar-refractivity contribution in [1.82, 2.24) is 10.5 Å². The van der Waals surface area contributed by atoms with Crippen molar-refractivity contribution in [3.8, 4) is 0 Å². The number of halogens is 2. The minimum absolute atomic E-state index is 0.00207. The summed E-state index contributed by atoms with van der Waals surface area (Å²) in [5, 5.41) is 10.3. The fraction of sp³-hybridized carbons (Fsp3) is 0.417. The molecule has 180 valence electrons. The maximum absolute atomic E-state index is 11.6. The molecule has 10 heteroatoms. The minimum Gasteiger partial charge on any atom is -0.450 e. The van der Waals surface area contributed by atoms with Gasteiger partial charge < -0.3 is 19.5 Å². The molecule has 2 N–H and O–H groups in total. The molecule has 0 bridgehead atoms. The number of nitrogens with zero attached hydrogens (tertiary/aromatic N) is 2. The molecule has 0 amide bonds. The van der Waals surface area contributed by atoms with Crippen molar-refractivity contribution in [2.45, 2.75) is 37.6 Å². The molecular weight excluding hydrogens is 481 g/mol. The van der Waals surface area contributed by atoms with Gasteiger partial charge in [-0.15, -0.1) is 0 Å². The minimum atomic E-state index is -1.47. The maximum atomic E-state index is 11.6. The summed E-state index contributed by atoms with van der Waals surface area (Å²) in [6.07, 6.45) is 3.57.